The average Bonchev–Trinajstić information content (AvgIpc) is 3.26. The van der Waals surface area contributed by atoms with Crippen LogP contribution in [0.25, 0.3) is 0 Å². The SMILES string of the molecule is O=C(Nc1ccccc1F)[C@H]1Sc2nnc(COc3ccccc3)n2N[C@H]1c1ccccc1. The van der Waals surface area contributed by atoms with Gasteiger partial charge in [-0.05, 0) is 29.8 Å². The summed E-state index contributed by atoms with van der Waals surface area (Å²) in [6, 6.07) is 24.8. The molecule has 0 saturated carbocycles. The van der Waals surface area contributed by atoms with E-state index in [4.69, 9.17) is 4.74 Å². The predicted molar refractivity (Wildman–Crippen MR) is 124 cm³/mol. The Kier molecular flexibility index (Phi) is 5.95. The van der Waals surface area contributed by atoms with Crippen molar-refractivity contribution in [3.63, 3.8) is 0 Å². The fourth-order valence-electron chi connectivity index (χ4n) is 3.53. The van der Waals surface area contributed by atoms with Crippen molar-refractivity contribution in [2.45, 2.75) is 23.1 Å². The fraction of sp³-hybridized carbons (Fsp3) is 0.125. The van der Waals surface area contributed by atoms with Crippen LogP contribution in [-0.4, -0.2) is 26.0 Å². The first-order valence-corrected chi connectivity index (χ1v) is 11.2. The molecule has 7 nitrogen and oxygen atoms in total. The summed E-state index contributed by atoms with van der Waals surface area (Å²) in [7, 11) is 0. The van der Waals surface area contributed by atoms with Crippen molar-refractivity contribution in [1.82, 2.24) is 14.9 Å². The number of thioether (sulfide) groups is 1. The van der Waals surface area contributed by atoms with E-state index in [1.165, 1.54) is 23.9 Å². The van der Waals surface area contributed by atoms with Crippen molar-refractivity contribution in [3.05, 3.63) is 102 Å². The minimum atomic E-state index is -0.605. The number of nitrogens with one attached hydrogen (secondary N) is 2. The van der Waals surface area contributed by atoms with Crippen LogP contribution in [0.2, 0.25) is 0 Å². The fourth-order valence-corrected chi connectivity index (χ4v) is 4.63. The first kappa shape index (κ1) is 21.0. The third kappa shape index (κ3) is 4.54. The third-order valence-electron chi connectivity index (χ3n) is 5.16. The van der Waals surface area contributed by atoms with E-state index in [1.807, 2.05) is 60.7 Å². The lowest BCUT2D eigenvalue weighted by atomic mass is 10.0. The van der Waals surface area contributed by atoms with Gasteiger partial charge in [0.2, 0.25) is 11.1 Å². The van der Waals surface area contributed by atoms with E-state index in [0.29, 0.717) is 11.0 Å². The van der Waals surface area contributed by atoms with Crippen LogP contribution < -0.4 is 15.5 Å². The number of para-hydroxylation sites is 2. The topological polar surface area (TPSA) is 81.1 Å². The van der Waals surface area contributed by atoms with Gasteiger partial charge in [-0.1, -0.05) is 72.4 Å². The number of ether oxygens (including phenoxy) is 1. The van der Waals surface area contributed by atoms with Crippen molar-refractivity contribution in [2.24, 2.45) is 0 Å². The molecule has 0 bridgehead atoms. The molecular formula is C24H20FN5O2S. The van der Waals surface area contributed by atoms with E-state index in [-0.39, 0.29) is 18.2 Å². The summed E-state index contributed by atoms with van der Waals surface area (Å²) in [4.78, 5) is 13.2. The predicted octanol–water partition coefficient (Wildman–Crippen LogP) is 4.39. The Bertz CT molecular complexity index is 1250. The van der Waals surface area contributed by atoms with Gasteiger partial charge in [0.1, 0.15) is 23.4 Å². The molecule has 1 aromatic heterocycles. The molecule has 0 radical (unpaired) electrons. The molecule has 2 atom stereocenters. The van der Waals surface area contributed by atoms with Gasteiger partial charge in [-0.3, -0.25) is 4.79 Å². The number of benzene rings is 3. The number of hydrogen-bond acceptors (Lipinski definition) is 6. The van der Waals surface area contributed by atoms with Crippen molar-refractivity contribution in [1.29, 1.82) is 0 Å². The van der Waals surface area contributed by atoms with E-state index in [9.17, 15) is 9.18 Å². The van der Waals surface area contributed by atoms with Gasteiger partial charge in [0, 0.05) is 0 Å². The van der Waals surface area contributed by atoms with Gasteiger partial charge in [-0.2, -0.15) is 0 Å². The molecule has 33 heavy (non-hydrogen) atoms. The van der Waals surface area contributed by atoms with Gasteiger partial charge < -0.3 is 15.5 Å². The summed E-state index contributed by atoms with van der Waals surface area (Å²) < 4.78 is 21.7. The number of rotatable bonds is 6. The maximum atomic E-state index is 14.1. The number of hydrogen-bond donors (Lipinski definition) is 2. The minimum absolute atomic E-state index is 0.138. The Labute approximate surface area is 194 Å². The van der Waals surface area contributed by atoms with Crippen molar-refractivity contribution in [2.75, 3.05) is 10.7 Å². The Morgan fingerprint density at radius 1 is 1.00 bits per heavy atom. The minimum Gasteiger partial charge on any atom is -0.486 e. The molecule has 2 heterocycles. The quantitative estimate of drug-likeness (QED) is 0.443. The zero-order valence-corrected chi connectivity index (χ0v) is 18.2. The lowest BCUT2D eigenvalue weighted by molar-refractivity contribution is -0.116. The molecule has 0 unspecified atom stereocenters. The summed E-state index contributed by atoms with van der Waals surface area (Å²) in [6.07, 6.45) is 0. The van der Waals surface area contributed by atoms with Gasteiger partial charge in [0.15, 0.2) is 5.82 Å². The lowest BCUT2D eigenvalue weighted by Gasteiger charge is -2.33. The smallest absolute Gasteiger partial charge is 0.240 e. The normalized spacial score (nSPS) is 17.0. The van der Waals surface area contributed by atoms with Crippen molar-refractivity contribution < 1.29 is 13.9 Å². The highest BCUT2D eigenvalue weighted by atomic mass is 32.2. The van der Waals surface area contributed by atoms with Crippen LogP contribution >= 0.6 is 11.8 Å². The Hall–Kier alpha value is -3.85. The number of carbonyl (C=O) groups is 1. The third-order valence-corrected chi connectivity index (χ3v) is 6.38. The van der Waals surface area contributed by atoms with Gasteiger partial charge in [-0.15, -0.1) is 10.2 Å². The van der Waals surface area contributed by atoms with Crippen LogP contribution in [0.15, 0.2) is 90.1 Å². The van der Waals surface area contributed by atoms with Crippen LogP contribution in [0.5, 0.6) is 5.75 Å². The van der Waals surface area contributed by atoms with Crippen molar-refractivity contribution in [3.8, 4) is 5.75 Å². The summed E-state index contributed by atoms with van der Waals surface area (Å²) in [5, 5.41) is 11.1. The number of halogens is 1. The van der Waals surface area contributed by atoms with E-state index in [1.54, 1.807) is 16.8 Å². The number of nitrogens with zero attached hydrogens (tertiary/aromatic N) is 3. The number of anilines is 1. The molecule has 0 aliphatic carbocycles. The summed E-state index contributed by atoms with van der Waals surface area (Å²) in [5.41, 5.74) is 4.41. The molecule has 0 saturated heterocycles. The molecule has 1 amide bonds. The molecule has 4 aromatic rings. The largest absolute Gasteiger partial charge is 0.486 e. The number of amides is 1. The highest BCUT2D eigenvalue weighted by Gasteiger charge is 2.38. The Morgan fingerprint density at radius 3 is 2.45 bits per heavy atom. The molecule has 1 aliphatic heterocycles. The maximum Gasteiger partial charge on any atom is 0.240 e. The highest BCUT2D eigenvalue weighted by Crippen LogP contribution is 2.37. The van der Waals surface area contributed by atoms with Crippen LogP contribution in [-0.2, 0) is 11.4 Å². The second kappa shape index (κ2) is 9.33. The van der Waals surface area contributed by atoms with Gasteiger partial charge in [0.25, 0.3) is 0 Å². The number of fused-ring (bicyclic) bond motifs is 1. The molecule has 5 rings (SSSR count). The van der Waals surface area contributed by atoms with Crippen LogP contribution in [0.4, 0.5) is 10.1 Å². The Morgan fingerprint density at radius 2 is 1.70 bits per heavy atom. The molecule has 3 aromatic carbocycles. The highest BCUT2D eigenvalue weighted by molar-refractivity contribution is 8.00. The maximum absolute atomic E-state index is 14.1. The monoisotopic (exact) mass is 461 g/mol. The van der Waals surface area contributed by atoms with Gasteiger partial charge in [-0.25, -0.2) is 9.07 Å². The van der Waals surface area contributed by atoms with E-state index in [0.717, 1.165) is 11.3 Å². The molecule has 166 valence electrons. The van der Waals surface area contributed by atoms with Gasteiger partial charge >= 0.3 is 0 Å². The number of aromatic nitrogens is 3. The average molecular weight is 462 g/mol. The summed E-state index contributed by atoms with van der Waals surface area (Å²) in [6.45, 7) is 0.207. The molecule has 0 fully saturated rings. The van der Waals surface area contributed by atoms with Crippen LogP contribution in [0.1, 0.15) is 17.4 Å². The molecule has 2 N–H and O–H groups in total. The number of carbonyl (C=O) groups excluding carboxylic acids is 1. The van der Waals surface area contributed by atoms with Crippen molar-refractivity contribution >= 4 is 23.4 Å². The first-order valence-electron chi connectivity index (χ1n) is 10.3. The van der Waals surface area contributed by atoms with Gasteiger partial charge in [0.05, 0.1) is 11.7 Å². The molecular weight excluding hydrogens is 441 g/mol. The van der Waals surface area contributed by atoms with E-state index in [2.05, 4.69) is 20.9 Å². The molecule has 1 aliphatic rings. The zero-order chi connectivity index (χ0) is 22.6. The Balaban J connectivity index is 1.41. The lowest BCUT2D eigenvalue weighted by Crippen LogP contribution is -2.41. The standard InChI is InChI=1S/C24H20FN5O2S/c25-18-13-7-8-14-19(18)26-23(31)22-21(16-9-3-1-4-10-16)29-30-20(27-28-24(30)33-22)15-32-17-11-5-2-6-12-17/h1-14,21-22,29H,15H2,(H,26,31)/t21-,22-/m0/s1. The molecule has 9 heteroatoms. The zero-order valence-electron chi connectivity index (χ0n) is 17.4. The summed E-state index contributed by atoms with van der Waals surface area (Å²) >= 11 is 1.27. The van der Waals surface area contributed by atoms with Crippen LogP contribution in [0.3, 0.4) is 0 Å². The summed E-state index contributed by atoms with van der Waals surface area (Å²) in [5.74, 6) is 0.484. The van der Waals surface area contributed by atoms with Crippen LogP contribution in [0, 0.1) is 5.82 Å². The molecule has 0 spiro atoms. The second-order valence-electron chi connectivity index (χ2n) is 7.36. The first-order chi connectivity index (χ1) is 16.2. The van der Waals surface area contributed by atoms with E-state index >= 15 is 0 Å². The van der Waals surface area contributed by atoms with E-state index < -0.39 is 17.1 Å². The second-order valence-corrected chi connectivity index (χ2v) is 8.47.